The zero-order valence-electron chi connectivity index (χ0n) is 11.1. The van der Waals surface area contributed by atoms with Gasteiger partial charge in [0.15, 0.2) is 0 Å². The van der Waals surface area contributed by atoms with Gasteiger partial charge in [0.05, 0.1) is 18.2 Å². The molecule has 1 unspecified atom stereocenters. The molecular weight excluding hydrogens is 230 g/mol. The topological polar surface area (TPSA) is 69.6 Å². The number of nitrogens with one attached hydrogen (secondary N) is 1. The summed E-state index contributed by atoms with van der Waals surface area (Å²) in [5, 5.41) is 21.9. The predicted molar refractivity (Wildman–Crippen MR) is 71.6 cm³/mol. The van der Waals surface area contributed by atoms with Crippen LogP contribution in [-0.2, 0) is 11.2 Å². The average Bonchev–Trinajstić information content (AvgIpc) is 2.31. The molecule has 0 aliphatic carbocycles. The number of phenolic OH excluding ortho intramolecular Hbond substituents is 1. The van der Waals surface area contributed by atoms with Gasteiger partial charge in [-0.2, -0.15) is 0 Å². The molecule has 3 N–H and O–H groups in total. The third kappa shape index (κ3) is 4.04. The Morgan fingerprint density at radius 3 is 2.61 bits per heavy atom. The highest BCUT2D eigenvalue weighted by Crippen LogP contribution is 2.24. The second-order valence-electron chi connectivity index (χ2n) is 4.77. The number of benzene rings is 1. The lowest BCUT2D eigenvalue weighted by Crippen LogP contribution is -2.23. The van der Waals surface area contributed by atoms with Crippen molar-refractivity contribution in [3.8, 4) is 5.75 Å². The van der Waals surface area contributed by atoms with Gasteiger partial charge < -0.3 is 15.5 Å². The maximum absolute atomic E-state index is 11.7. The first-order valence-corrected chi connectivity index (χ1v) is 6.23. The fraction of sp³-hybridized carbons (Fsp3) is 0.500. The maximum Gasteiger partial charge on any atom is 0.227 e. The lowest BCUT2D eigenvalue weighted by atomic mass is 10.0. The number of carbonyl (C=O) groups is 1. The third-order valence-corrected chi connectivity index (χ3v) is 2.91. The SMILES string of the molecule is CCc1ccc(O)c(NC(=O)CC(O)C(C)C)c1. The van der Waals surface area contributed by atoms with E-state index in [4.69, 9.17) is 0 Å². The number of amides is 1. The van der Waals surface area contributed by atoms with Crippen molar-refractivity contribution in [2.75, 3.05) is 5.32 Å². The molecular formula is C14H21NO3. The number of carbonyl (C=O) groups excluding carboxylic acids is 1. The molecule has 100 valence electrons. The molecule has 1 amide bonds. The first kappa shape index (κ1) is 14.5. The number of aliphatic hydroxyl groups is 1. The van der Waals surface area contributed by atoms with Crippen LogP contribution in [0.1, 0.15) is 32.8 Å². The summed E-state index contributed by atoms with van der Waals surface area (Å²) in [6, 6.07) is 5.12. The standard InChI is InChI=1S/C14H21NO3/c1-4-10-5-6-12(16)11(7-10)15-14(18)8-13(17)9(2)3/h5-7,9,13,16-17H,4,8H2,1-3H3,(H,15,18). The molecule has 0 radical (unpaired) electrons. The van der Waals surface area contributed by atoms with Gasteiger partial charge in [-0.25, -0.2) is 0 Å². The molecule has 1 atom stereocenters. The van der Waals surface area contributed by atoms with E-state index in [2.05, 4.69) is 5.32 Å². The molecule has 1 rings (SSSR count). The van der Waals surface area contributed by atoms with Crippen LogP contribution in [0.5, 0.6) is 5.75 Å². The van der Waals surface area contributed by atoms with E-state index in [-0.39, 0.29) is 24.0 Å². The molecule has 0 aliphatic rings. The second-order valence-corrected chi connectivity index (χ2v) is 4.77. The molecule has 1 aromatic rings. The first-order valence-electron chi connectivity index (χ1n) is 6.23. The fourth-order valence-electron chi connectivity index (χ4n) is 1.53. The van der Waals surface area contributed by atoms with Crippen LogP contribution >= 0.6 is 0 Å². The van der Waals surface area contributed by atoms with Crippen molar-refractivity contribution in [3.63, 3.8) is 0 Å². The monoisotopic (exact) mass is 251 g/mol. The van der Waals surface area contributed by atoms with E-state index in [0.29, 0.717) is 5.69 Å². The van der Waals surface area contributed by atoms with Crippen molar-refractivity contribution in [1.29, 1.82) is 0 Å². The van der Waals surface area contributed by atoms with Crippen LogP contribution in [-0.4, -0.2) is 22.2 Å². The Balaban J connectivity index is 2.69. The average molecular weight is 251 g/mol. The lowest BCUT2D eigenvalue weighted by molar-refractivity contribution is -0.118. The van der Waals surface area contributed by atoms with Gasteiger partial charge in [0.1, 0.15) is 5.75 Å². The molecule has 4 heteroatoms. The van der Waals surface area contributed by atoms with E-state index >= 15 is 0 Å². The van der Waals surface area contributed by atoms with Crippen LogP contribution < -0.4 is 5.32 Å². The molecule has 18 heavy (non-hydrogen) atoms. The highest BCUT2D eigenvalue weighted by atomic mass is 16.3. The highest BCUT2D eigenvalue weighted by Gasteiger charge is 2.15. The number of hydrogen-bond acceptors (Lipinski definition) is 3. The van der Waals surface area contributed by atoms with Gasteiger partial charge in [-0.1, -0.05) is 26.8 Å². The Bertz CT molecular complexity index is 416. The Kier molecular flexibility index (Phi) is 5.16. The minimum atomic E-state index is -0.665. The zero-order valence-corrected chi connectivity index (χ0v) is 11.1. The van der Waals surface area contributed by atoms with Crippen molar-refractivity contribution in [3.05, 3.63) is 23.8 Å². The van der Waals surface area contributed by atoms with Crippen molar-refractivity contribution < 1.29 is 15.0 Å². The number of hydrogen-bond donors (Lipinski definition) is 3. The zero-order chi connectivity index (χ0) is 13.7. The van der Waals surface area contributed by atoms with Crippen LogP contribution in [0, 0.1) is 5.92 Å². The summed E-state index contributed by atoms with van der Waals surface area (Å²) in [5.41, 5.74) is 1.43. The number of aliphatic hydroxyl groups excluding tert-OH is 1. The summed E-state index contributed by atoms with van der Waals surface area (Å²) < 4.78 is 0. The van der Waals surface area contributed by atoms with Gasteiger partial charge in [0.25, 0.3) is 0 Å². The highest BCUT2D eigenvalue weighted by molar-refractivity contribution is 5.92. The number of anilines is 1. The molecule has 0 fully saturated rings. The Labute approximate surface area is 108 Å². The summed E-state index contributed by atoms with van der Waals surface area (Å²) >= 11 is 0. The van der Waals surface area contributed by atoms with E-state index in [9.17, 15) is 15.0 Å². The first-order chi connectivity index (χ1) is 8.43. The fourth-order valence-corrected chi connectivity index (χ4v) is 1.53. The van der Waals surface area contributed by atoms with Gasteiger partial charge in [-0.05, 0) is 30.0 Å². The van der Waals surface area contributed by atoms with Crippen molar-refractivity contribution in [2.24, 2.45) is 5.92 Å². The van der Waals surface area contributed by atoms with Crippen molar-refractivity contribution in [2.45, 2.75) is 39.7 Å². The van der Waals surface area contributed by atoms with Crippen LogP contribution in [0.2, 0.25) is 0 Å². The minimum Gasteiger partial charge on any atom is -0.506 e. The predicted octanol–water partition coefficient (Wildman–Crippen LogP) is 2.30. The molecule has 4 nitrogen and oxygen atoms in total. The molecule has 0 aromatic heterocycles. The molecule has 0 bridgehead atoms. The van der Waals surface area contributed by atoms with E-state index in [1.807, 2.05) is 26.8 Å². The number of aromatic hydroxyl groups is 1. The van der Waals surface area contributed by atoms with E-state index in [0.717, 1.165) is 12.0 Å². The molecule has 1 aromatic carbocycles. The smallest absolute Gasteiger partial charge is 0.227 e. The summed E-state index contributed by atoms with van der Waals surface area (Å²) in [7, 11) is 0. The molecule has 0 heterocycles. The van der Waals surface area contributed by atoms with Crippen LogP contribution in [0.3, 0.4) is 0 Å². The molecule has 0 saturated carbocycles. The van der Waals surface area contributed by atoms with Crippen LogP contribution in [0.15, 0.2) is 18.2 Å². The van der Waals surface area contributed by atoms with Gasteiger partial charge in [-0.3, -0.25) is 4.79 Å². The van der Waals surface area contributed by atoms with Crippen molar-refractivity contribution in [1.82, 2.24) is 0 Å². The van der Waals surface area contributed by atoms with Crippen molar-refractivity contribution >= 4 is 11.6 Å². The minimum absolute atomic E-state index is 0.0336. The summed E-state index contributed by atoms with van der Waals surface area (Å²) in [5.74, 6) is -0.217. The second kappa shape index (κ2) is 6.40. The molecule has 0 spiro atoms. The number of phenols is 1. The van der Waals surface area contributed by atoms with Crippen LogP contribution in [0.25, 0.3) is 0 Å². The Morgan fingerprint density at radius 2 is 2.06 bits per heavy atom. The van der Waals surface area contributed by atoms with Gasteiger partial charge >= 0.3 is 0 Å². The van der Waals surface area contributed by atoms with E-state index in [1.54, 1.807) is 12.1 Å². The molecule has 0 saturated heterocycles. The summed E-state index contributed by atoms with van der Waals surface area (Å²) in [6.07, 6.45) is 0.201. The quantitative estimate of drug-likeness (QED) is 0.703. The number of rotatable bonds is 5. The van der Waals surface area contributed by atoms with E-state index in [1.165, 1.54) is 0 Å². The van der Waals surface area contributed by atoms with Crippen LogP contribution in [0.4, 0.5) is 5.69 Å². The van der Waals surface area contributed by atoms with E-state index < -0.39 is 6.10 Å². The largest absolute Gasteiger partial charge is 0.506 e. The third-order valence-electron chi connectivity index (χ3n) is 2.91. The van der Waals surface area contributed by atoms with Gasteiger partial charge in [-0.15, -0.1) is 0 Å². The van der Waals surface area contributed by atoms with Gasteiger partial charge in [0.2, 0.25) is 5.91 Å². The Hall–Kier alpha value is -1.55. The Morgan fingerprint density at radius 1 is 1.39 bits per heavy atom. The summed E-state index contributed by atoms with van der Waals surface area (Å²) in [4.78, 5) is 11.7. The summed E-state index contributed by atoms with van der Waals surface area (Å²) in [6.45, 7) is 5.71. The molecule has 0 aliphatic heterocycles. The maximum atomic E-state index is 11.7. The lowest BCUT2D eigenvalue weighted by Gasteiger charge is -2.14. The normalized spacial score (nSPS) is 12.5. The van der Waals surface area contributed by atoms with Gasteiger partial charge in [0, 0.05) is 0 Å². The number of aryl methyl sites for hydroxylation is 1.